The molecule has 0 radical (unpaired) electrons. The summed E-state index contributed by atoms with van der Waals surface area (Å²) in [4.78, 5) is 15.3. The number of likely N-dealkylation sites (tertiary alicyclic amines) is 1. The topological polar surface area (TPSA) is 55.6 Å². The summed E-state index contributed by atoms with van der Waals surface area (Å²) in [5, 5.41) is 0. The molecule has 4 heteroatoms. The first kappa shape index (κ1) is 16.3. The van der Waals surface area contributed by atoms with Crippen molar-refractivity contribution in [2.75, 3.05) is 19.7 Å². The van der Waals surface area contributed by atoms with Crippen molar-refractivity contribution >= 4 is 5.91 Å². The molecule has 1 amide bonds. The number of rotatable bonds is 1. The van der Waals surface area contributed by atoms with Gasteiger partial charge >= 0.3 is 0 Å². The Bertz CT molecular complexity index is 460. The fraction of sp³-hybridized carbons (Fsp3) is 0.944. The van der Waals surface area contributed by atoms with Crippen LogP contribution in [-0.2, 0) is 9.53 Å². The molecule has 0 aromatic heterocycles. The van der Waals surface area contributed by atoms with Crippen LogP contribution in [0.2, 0.25) is 0 Å². The Morgan fingerprint density at radius 2 is 1.86 bits per heavy atom. The summed E-state index contributed by atoms with van der Waals surface area (Å²) in [6.07, 6.45) is 5.54. The maximum atomic E-state index is 13.3. The summed E-state index contributed by atoms with van der Waals surface area (Å²) in [7, 11) is 0. The number of nitrogens with zero attached hydrogens (tertiary/aromatic N) is 1. The van der Waals surface area contributed by atoms with Gasteiger partial charge in [0, 0.05) is 31.0 Å². The molecule has 3 rings (SSSR count). The summed E-state index contributed by atoms with van der Waals surface area (Å²) in [5.41, 5.74) is 6.08. The zero-order chi connectivity index (χ0) is 16.2. The molecular weight excluding hydrogens is 276 g/mol. The predicted molar refractivity (Wildman–Crippen MR) is 87.4 cm³/mol. The average Bonchev–Trinajstić information content (AvgIpc) is 2.66. The lowest BCUT2D eigenvalue weighted by Gasteiger charge is -2.65. The Kier molecular flexibility index (Phi) is 3.84. The van der Waals surface area contributed by atoms with Crippen LogP contribution in [0, 0.1) is 16.7 Å². The second-order valence-corrected chi connectivity index (χ2v) is 8.94. The molecule has 4 nitrogen and oxygen atoms in total. The fourth-order valence-corrected chi connectivity index (χ4v) is 4.90. The first-order valence-electron chi connectivity index (χ1n) is 8.90. The van der Waals surface area contributed by atoms with E-state index in [4.69, 9.17) is 10.5 Å². The molecule has 3 fully saturated rings. The van der Waals surface area contributed by atoms with Crippen LogP contribution in [0.5, 0.6) is 0 Å². The molecule has 3 aliphatic rings. The van der Waals surface area contributed by atoms with Crippen LogP contribution in [0.25, 0.3) is 0 Å². The molecule has 0 spiro atoms. The second kappa shape index (κ2) is 5.20. The SMILES string of the molecule is CC1(C)CCCN(C(=O)C2(N)C3CCCOC3C2(C)C)CC1. The molecule has 126 valence electrons. The highest BCUT2D eigenvalue weighted by atomic mass is 16.5. The van der Waals surface area contributed by atoms with Crippen molar-refractivity contribution in [2.24, 2.45) is 22.5 Å². The summed E-state index contributed by atoms with van der Waals surface area (Å²) in [5.74, 6) is 0.363. The standard InChI is InChI=1S/C18H32N2O2/c1-16(2)8-6-10-20(11-9-16)15(21)18(19)13-7-5-12-22-14(13)17(18,3)4/h13-14H,5-12,19H2,1-4H3. The van der Waals surface area contributed by atoms with Crippen molar-refractivity contribution in [1.29, 1.82) is 0 Å². The van der Waals surface area contributed by atoms with E-state index in [0.717, 1.165) is 45.4 Å². The number of nitrogens with two attached hydrogens (primary N) is 1. The van der Waals surface area contributed by atoms with E-state index in [2.05, 4.69) is 27.7 Å². The Labute approximate surface area is 134 Å². The van der Waals surface area contributed by atoms with E-state index in [9.17, 15) is 4.79 Å². The smallest absolute Gasteiger partial charge is 0.243 e. The van der Waals surface area contributed by atoms with Crippen LogP contribution in [0.1, 0.15) is 59.8 Å². The molecule has 2 heterocycles. The first-order valence-corrected chi connectivity index (χ1v) is 8.90. The van der Waals surface area contributed by atoms with Gasteiger partial charge < -0.3 is 15.4 Å². The van der Waals surface area contributed by atoms with Crippen LogP contribution in [0.4, 0.5) is 0 Å². The van der Waals surface area contributed by atoms with E-state index >= 15 is 0 Å². The van der Waals surface area contributed by atoms with Crippen LogP contribution in [-0.4, -0.2) is 42.1 Å². The third kappa shape index (κ3) is 2.22. The number of hydrogen-bond donors (Lipinski definition) is 1. The Morgan fingerprint density at radius 3 is 2.59 bits per heavy atom. The van der Waals surface area contributed by atoms with E-state index in [-0.39, 0.29) is 23.3 Å². The summed E-state index contributed by atoms with van der Waals surface area (Å²) in [6, 6.07) is 0. The van der Waals surface area contributed by atoms with Gasteiger partial charge in [0.15, 0.2) is 0 Å². The summed E-state index contributed by atoms with van der Waals surface area (Å²) >= 11 is 0. The number of ether oxygens (including phenoxy) is 1. The molecule has 0 aromatic carbocycles. The molecule has 3 unspecified atom stereocenters. The molecule has 2 N–H and O–H groups in total. The highest BCUT2D eigenvalue weighted by molar-refractivity contribution is 5.89. The predicted octanol–water partition coefficient (Wildman–Crippen LogP) is 2.56. The van der Waals surface area contributed by atoms with E-state index in [1.807, 2.05) is 4.90 Å². The summed E-state index contributed by atoms with van der Waals surface area (Å²) in [6.45, 7) is 11.3. The first-order chi connectivity index (χ1) is 10.2. The van der Waals surface area contributed by atoms with Gasteiger partial charge in [0.05, 0.1) is 6.10 Å². The molecule has 1 saturated carbocycles. The maximum absolute atomic E-state index is 13.3. The van der Waals surface area contributed by atoms with Crippen molar-refractivity contribution in [3.63, 3.8) is 0 Å². The maximum Gasteiger partial charge on any atom is 0.243 e. The zero-order valence-electron chi connectivity index (χ0n) is 14.7. The van der Waals surface area contributed by atoms with Crippen molar-refractivity contribution < 1.29 is 9.53 Å². The number of hydrogen-bond acceptors (Lipinski definition) is 3. The van der Waals surface area contributed by atoms with Gasteiger partial charge in [0.1, 0.15) is 5.54 Å². The lowest BCUT2D eigenvalue weighted by Crippen LogP contribution is -2.82. The highest BCUT2D eigenvalue weighted by Crippen LogP contribution is 2.58. The molecule has 2 saturated heterocycles. The second-order valence-electron chi connectivity index (χ2n) is 8.94. The molecule has 2 aliphatic heterocycles. The van der Waals surface area contributed by atoms with Gasteiger partial charge in [-0.25, -0.2) is 0 Å². The number of carbonyl (C=O) groups is 1. The molecule has 0 aromatic rings. The largest absolute Gasteiger partial charge is 0.377 e. The number of carbonyl (C=O) groups excluding carboxylic acids is 1. The Balaban J connectivity index is 1.79. The van der Waals surface area contributed by atoms with Crippen LogP contribution < -0.4 is 5.73 Å². The molecular formula is C18H32N2O2. The molecule has 22 heavy (non-hydrogen) atoms. The molecule has 1 aliphatic carbocycles. The monoisotopic (exact) mass is 308 g/mol. The highest BCUT2D eigenvalue weighted by Gasteiger charge is 2.70. The van der Waals surface area contributed by atoms with Gasteiger partial charge in [-0.1, -0.05) is 27.7 Å². The van der Waals surface area contributed by atoms with Gasteiger partial charge in [-0.2, -0.15) is 0 Å². The minimum atomic E-state index is -0.743. The van der Waals surface area contributed by atoms with E-state index in [1.54, 1.807) is 0 Å². The van der Waals surface area contributed by atoms with E-state index in [0.29, 0.717) is 5.41 Å². The average molecular weight is 308 g/mol. The van der Waals surface area contributed by atoms with Gasteiger partial charge in [-0.15, -0.1) is 0 Å². The summed E-state index contributed by atoms with van der Waals surface area (Å²) < 4.78 is 5.93. The van der Waals surface area contributed by atoms with Gasteiger partial charge in [-0.05, 0) is 37.5 Å². The zero-order valence-corrected chi connectivity index (χ0v) is 14.7. The van der Waals surface area contributed by atoms with Crippen LogP contribution in [0.15, 0.2) is 0 Å². The minimum absolute atomic E-state index is 0.151. The third-order valence-electron chi connectivity index (χ3n) is 6.67. The van der Waals surface area contributed by atoms with Gasteiger partial charge in [0.2, 0.25) is 5.91 Å². The quantitative estimate of drug-likeness (QED) is 0.810. The number of fused-ring (bicyclic) bond motifs is 1. The van der Waals surface area contributed by atoms with Crippen LogP contribution >= 0.6 is 0 Å². The van der Waals surface area contributed by atoms with Crippen molar-refractivity contribution in [3.8, 4) is 0 Å². The third-order valence-corrected chi connectivity index (χ3v) is 6.67. The normalized spacial score (nSPS) is 40.3. The van der Waals surface area contributed by atoms with Crippen molar-refractivity contribution in [1.82, 2.24) is 4.90 Å². The molecule has 0 bridgehead atoms. The van der Waals surface area contributed by atoms with Crippen molar-refractivity contribution in [2.45, 2.75) is 71.4 Å². The lowest BCUT2D eigenvalue weighted by atomic mass is 9.46. The van der Waals surface area contributed by atoms with Gasteiger partial charge in [0.25, 0.3) is 0 Å². The van der Waals surface area contributed by atoms with Crippen molar-refractivity contribution in [3.05, 3.63) is 0 Å². The Hall–Kier alpha value is -0.610. The van der Waals surface area contributed by atoms with E-state index in [1.165, 1.54) is 6.42 Å². The lowest BCUT2D eigenvalue weighted by molar-refractivity contribution is -0.230. The molecule has 3 atom stereocenters. The van der Waals surface area contributed by atoms with Crippen LogP contribution in [0.3, 0.4) is 0 Å². The minimum Gasteiger partial charge on any atom is -0.377 e. The number of amides is 1. The fourth-order valence-electron chi connectivity index (χ4n) is 4.90. The Morgan fingerprint density at radius 1 is 1.14 bits per heavy atom. The van der Waals surface area contributed by atoms with Gasteiger partial charge in [-0.3, -0.25) is 4.79 Å². The van der Waals surface area contributed by atoms with E-state index < -0.39 is 5.54 Å².